The normalized spacial score (nSPS) is 14.2. The second-order valence-corrected chi connectivity index (χ2v) is 10.3. The Bertz CT molecular complexity index is 1350. The van der Waals surface area contributed by atoms with Crippen LogP contribution in [0.15, 0.2) is 127 Å². The third kappa shape index (κ3) is 3.87. The van der Waals surface area contributed by atoms with E-state index in [1.165, 1.54) is 16.9 Å². The van der Waals surface area contributed by atoms with Crippen LogP contribution in [0.4, 0.5) is 0 Å². The zero-order valence-electron chi connectivity index (χ0n) is 20.0. The Hall–Kier alpha value is -3.60. The van der Waals surface area contributed by atoms with E-state index in [-0.39, 0.29) is 0 Å². The van der Waals surface area contributed by atoms with Gasteiger partial charge in [-0.1, -0.05) is 109 Å². The minimum absolute atomic E-state index is 0.639. The van der Waals surface area contributed by atoms with Gasteiger partial charge in [0, 0.05) is 16.7 Å². The molecule has 0 saturated carbocycles. The molecule has 1 atom stereocenters. The maximum absolute atomic E-state index is 11.5. The Morgan fingerprint density at radius 3 is 1.92 bits per heavy atom. The lowest BCUT2D eigenvalue weighted by molar-refractivity contribution is 0.212. The molecule has 0 amide bonds. The molecule has 3 nitrogen and oxygen atoms in total. The highest BCUT2D eigenvalue weighted by molar-refractivity contribution is 7.99. The summed E-state index contributed by atoms with van der Waals surface area (Å²) < 4.78 is 2.16. The summed E-state index contributed by atoms with van der Waals surface area (Å²) in [4.78, 5) is 6.00. The van der Waals surface area contributed by atoms with E-state index in [2.05, 4.69) is 89.5 Å². The molecule has 0 spiro atoms. The van der Waals surface area contributed by atoms with Crippen LogP contribution in [0.3, 0.4) is 0 Å². The quantitative estimate of drug-likeness (QED) is 0.266. The Kier molecular flexibility index (Phi) is 6.22. The zero-order valence-corrected chi connectivity index (χ0v) is 20.8. The number of hydrogen-bond donors (Lipinski definition) is 1. The fourth-order valence-corrected chi connectivity index (χ4v) is 6.63. The van der Waals surface area contributed by atoms with Gasteiger partial charge in [0.1, 0.15) is 11.6 Å². The molecule has 0 aliphatic carbocycles. The molecule has 5 aromatic rings. The van der Waals surface area contributed by atoms with Crippen LogP contribution < -0.4 is 0 Å². The van der Waals surface area contributed by atoms with Gasteiger partial charge in [-0.3, -0.25) is 0 Å². The van der Waals surface area contributed by atoms with E-state index in [0.717, 1.165) is 34.4 Å². The summed E-state index contributed by atoms with van der Waals surface area (Å²) in [6.45, 7) is 0. The Morgan fingerprint density at radius 2 is 1.33 bits per heavy atom. The van der Waals surface area contributed by atoms with Crippen molar-refractivity contribution in [3.05, 3.63) is 155 Å². The van der Waals surface area contributed by atoms with Crippen molar-refractivity contribution in [3.63, 3.8) is 0 Å². The number of rotatable bonds is 6. The third-order valence-electron chi connectivity index (χ3n) is 7.10. The number of thioether (sulfide) groups is 1. The first-order valence-corrected chi connectivity index (χ1v) is 13.4. The molecule has 1 unspecified atom stereocenters. The van der Waals surface area contributed by atoms with E-state index in [0.29, 0.717) is 5.69 Å². The summed E-state index contributed by atoms with van der Waals surface area (Å²) in [6.07, 6.45) is 5.35. The van der Waals surface area contributed by atoms with E-state index >= 15 is 0 Å². The summed E-state index contributed by atoms with van der Waals surface area (Å²) in [7, 11) is 0. The molecule has 0 radical (unpaired) electrons. The van der Waals surface area contributed by atoms with Crippen molar-refractivity contribution in [1.29, 1.82) is 0 Å². The third-order valence-corrected chi connectivity index (χ3v) is 8.38. The van der Waals surface area contributed by atoms with Gasteiger partial charge in [-0.15, -0.1) is 11.8 Å². The second kappa shape index (κ2) is 9.81. The highest BCUT2D eigenvalue weighted by Crippen LogP contribution is 2.42. The molecule has 0 saturated heterocycles. The SMILES string of the molecule is OC(c1cn(C(c2ccccc2)(c2ccccc2)c2ccccc2)cn1)c1cccc2c1SCCC2. The van der Waals surface area contributed by atoms with Crippen molar-refractivity contribution in [1.82, 2.24) is 9.55 Å². The van der Waals surface area contributed by atoms with E-state index < -0.39 is 11.6 Å². The predicted molar refractivity (Wildman–Crippen MR) is 146 cm³/mol. The topological polar surface area (TPSA) is 38.0 Å². The average molecular weight is 489 g/mol. The molecule has 1 N–H and O–H groups in total. The van der Waals surface area contributed by atoms with Crippen LogP contribution in [0.1, 0.15) is 46.0 Å². The van der Waals surface area contributed by atoms with E-state index in [1.807, 2.05) is 48.6 Å². The van der Waals surface area contributed by atoms with Crippen LogP contribution in [0.25, 0.3) is 0 Å². The maximum Gasteiger partial charge on any atom is 0.124 e. The number of nitrogens with zero attached hydrogens (tertiary/aromatic N) is 2. The van der Waals surface area contributed by atoms with E-state index in [4.69, 9.17) is 4.98 Å². The highest BCUT2D eigenvalue weighted by Gasteiger charge is 2.38. The van der Waals surface area contributed by atoms with Crippen LogP contribution in [0, 0.1) is 0 Å². The summed E-state index contributed by atoms with van der Waals surface area (Å²) in [5, 5.41) is 11.5. The number of aliphatic hydroxyl groups excluding tert-OH is 1. The number of imidazole rings is 1. The largest absolute Gasteiger partial charge is 0.382 e. The van der Waals surface area contributed by atoms with Gasteiger partial charge in [0.25, 0.3) is 0 Å². The molecule has 0 bridgehead atoms. The molecule has 1 aromatic heterocycles. The first kappa shape index (κ1) is 22.8. The molecule has 1 aliphatic heterocycles. The Labute approximate surface area is 216 Å². The van der Waals surface area contributed by atoms with Crippen LogP contribution in [0.5, 0.6) is 0 Å². The van der Waals surface area contributed by atoms with E-state index in [9.17, 15) is 5.11 Å². The van der Waals surface area contributed by atoms with Crippen LogP contribution in [0.2, 0.25) is 0 Å². The maximum atomic E-state index is 11.5. The Balaban J connectivity index is 1.54. The predicted octanol–water partition coefficient (Wildman–Crippen LogP) is 6.84. The molecule has 0 fully saturated rings. The zero-order chi connectivity index (χ0) is 24.4. The smallest absolute Gasteiger partial charge is 0.124 e. The first-order chi connectivity index (χ1) is 17.8. The summed E-state index contributed by atoms with van der Waals surface area (Å²) in [5.41, 5.74) is 5.69. The molecule has 36 heavy (non-hydrogen) atoms. The van der Waals surface area contributed by atoms with Crippen molar-refractivity contribution in [2.24, 2.45) is 0 Å². The van der Waals surface area contributed by atoms with Gasteiger partial charge in [-0.25, -0.2) is 4.98 Å². The molecule has 1 aliphatic rings. The van der Waals surface area contributed by atoms with Crippen molar-refractivity contribution in [2.75, 3.05) is 5.75 Å². The van der Waals surface area contributed by atoms with Gasteiger partial charge >= 0.3 is 0 Å². The lowest BCUT2D eigenvalue weighted by atomic mass is 9.77. The number of aliphatic hydroxyl groups is 1. The molecular formula is C32H28N2OS. The molecular weight excluding hydrogens is 460 g/mol. The fourth-order valence-electron chi connectivity index (χ4n) is 5.44. The van der Waals surface area contributed by atoms with Crippen molar-refractivity contribution in [2.45, 2.75) is 29.4 Å². The first-order valence-electron chi connectivity index (χ1n) is 12.4. The van der Waals surface area contributed by atoms with Crippen molar-refractivity contribution >= 4 is 11.8 Å². The summed E-state index contributed by atoms with van der Waals surface area (Å²) in [5.74, 6) is 1.09. The number of aromatic nitrogens is 2. The second-order valence-electron chi connectivity index (χ2n) is 9.20. The van der Waals surface area contributed by atoms with Gasteiger partial charge in [-0.05, 0) is 40.8 Å². The molecule has 4 aromatic carbocycles. The monoisotopic (exact) mass is 488 g/mol. The molecule has 2 heterocycles. The highest BCUT2D eigenvalue weighted by atomic mass is 32.2. The standard InChI is InChI=1S/C32H28N2OS/c35-30(28-20-10-12-24-13-11-21-36-31(24)28)29-22-34(23-33-29)32(25-14-4-1-5-15-25,26-16-6-2-7-17-26)27-18-8-3-9-19-27/h1-10,12,14-20,22-23,30,35H,11,13,21H2. The summed E-state index contributed by atoms with van der Waals surface area (Å²) >= 11 is 1.85. The number of hydrogen-bond acceptors (Lipinski definition) is 3. The number of aryl methyl sites for hydroxylation is 1. The minimum Gasteiger partial charge on any atom is -0.382 e. The van der Waals surface area contributed by atoms with Crippen molar-refractivity contribution in [3.8, 4) is 0 Å². The molecule has 4 heteroatoms. The van der Waals surface area contributed by atoms with Gasteiger partial charge in [0.15, 0.2) is 0 Å². The van der Waals surface area contributed by atoms with Gasteiger partial charge in [-0.2, -0.15) is 0 Å². The van der Waals surface area contributed by atoms with Crippen molar-refractivity contribution < 1.29 is 5.11 Å². The lowest BCUT2D eigenvalue weighted by Crippen LogP contribution is -2.37. The van der Waals surface area contributed by atoms with Gasteiger partial charge in [0.2, 0.25) is 0 Å². The fraction of sp³-hybridized carbons (Fsp3) is 0.156. The van der Waals surface area contributed by atoms with Crippen LogP contribution in [-0.2, 0) is 12.0 Å². The minimum atomic E-state index is -0.785. The average Bonchev–Trinajstić information content (AvgIpc) is 3.45. The Morgan fingerprint density at radius 1 is 0.750 bits per heavy atom. The van der Waals surface area contributed by atoms with E-state index in [1.54, 1.807) is 0 Å². The molecule has 6 rings (SSSR count). The van der Waals surface area contributed by atoms with Gasteiger partial charge in [0.05, 0.1) is 12.0 Å². The van der Waals surface area contributed by atoms with Gasteiger partial charge < -0.3 is 9.67 Å². The van der Waals surface area contributed by atoms with Crippen LogP contribution in [-0.4, -0.2) is 20.4 Å². The number of fused-ring (bicyclic) bond motifs is 1. The lowest BCUT2D eigenvalue weighted by Gasteiger charge is -2.37. The molecule has 178 valence electrons. The number of benzene rings is 4. The van der Waals surface area contributed by atoms with Crippen LogP contribution >= 0.6 is 11.8 Å². The summed E-state index contributed by atoms with van der Waals surface area (Å²) in [6, 6.07) is 37.9.